The van der Waals surface area contributed by atoms with Gasteiger partial charge in [-0.15, -0.1) is 0 Å². The number of ether oxygens (including phenoxy) is 1. The van der Waals surface area contributed by atoms with Crippen molar-refractivity contribution in [3.63, 3.8) is 0 Å². The van der Waals surface area contributed by atoms with Crippen molar-refractivity contribution in [2.75, 3.05) is 20.2 Å². The maximum absolute atomic E-state index is 6.10. The molecule has 1 heterocycles. The molecule has 2 rings (SSSR count). The van der Waals surface area contributed by atoms with E-state index in [1.165, 1.54) is 11.3 Å². The van der Waals surface area contributed by atoms with Gasteiger partial charge >= 0.3 is 0 Å². The predicted octanol–water partition coefficient (Wildman–Crippen LogP) is 3.91. The Morgan fingerprint density at radius 1 is 1.32 bits per heavy atom. The van der Waals surface area contributed by atoms with E-state index in [4.69, 9.17) is 27.9 Å². The second-order valence-corrected chi connectivity index (χ2v) is 7.64. The smallest absolute Gasteiger partial charge is 0.191 e. The summed E-state index contributed by atoms with van der Waals surface area (Å²) in [6, 6.07) is 5.45. The lowest BCUT2D eigenvalue weighted by Gasteiger charge is -2.18. The Labute approximate surface area is 177 Å². The summed E-state index contributed by atoms with van der Waals surface area (Å²) in [7, 11) is 3.75. The van der Waals surface area contributed by atoms with E-state index >= 15 is 0 Å². The van der Waals surface area contributed by atoms with Crippen molar-refractivity contribution >= 4 is 29.2 Å². The van der Waals surface area contributed by atoms with Crippen molar-refractivity contribution in [2.24, 2.45) is 12.0 Å². The summed E-state index contributed by atoms with van der Waals surface area (Å²) >= 11 is 12.0. The van der Waals surface area contributed by atoms with Crippen molar-refractivity contribution in [3.05, 3.63) is 45.2 Å². The number of aryl methyl sites for hydroxylation is 2. The van der Waals surface area contributed by atoms with E-state index < -0.39 is 0 Å². The molecule has 28 heavy (non-hydrogen) atoms. The number of nitrogens with one attached hydrogen (secondary N) is 2. The fourth-order valence-electron chi connectivity index (χ4n) is 2.95. The summed E-state index contributed by atoms with van der Waals surface area (Å²) < 4.78 is 7.62. The highest BCUT2D eigenvalue weighted by atomic mass is 35.5. The van der Waals surface area contributed by atoms with E-state index in [9.17, 15) is 0 Å². The Kier molecular flexibility index (Phi) is 8.45. The third-order valence-electron chi connectivity index (χ3n) is 4.54. The van der Waals surface area contributed by atoms with Crippen molar-refractivity contribution < 1.29 is 4.74 Å². The van der Waals surface area contributed by atoms with E-state index in [1.807, 2.05) is 11.7 Å². The number of rotatable bonds is 8. The largest absolute Gasteiger partial charge is 0.492 e. The van der Waals surface area contributed by atoms with Crippen LogP contribution in [0.5, 0.6) is 5.75 Å². The van der Waals surface area contributed by atoms with E-state index in [0.717, 1.165) is 31.0 Å². The minimum atomic E-state index is 0.233. The third kappa shape index (κ3) is 6.31. The lowest BCUT2D eigenvalue weighted by atomic mass is 10.1. The molecule has 1 unspecified atom stereocenters. The zero-order chi connectivity index (χ0) is 20.7. The van der Waals surface area contributed by atoms with Gasteiger partial charge in [0.1, 0.15) is 5.75 Å². The van der Waals surface area contributed by atoms with Gasteiger partial charge < -0.3 is 15.4 Å². The number of benzene rings is 1. The normalized spacial score (nSPS) is 12.8. The minimum absolute atomic E-state index is 0.233. The molecule has 0 fully saturated rings. The van der Waals surface area contributed by atoms with Gasteiger partial charge in [-0.3, -0.25) is 9.67 Å². The molecule has 1 aromatic heterocycles. The first-order valence-electron chi connectivity index (χ1n) is 9.36. The second-order valence-electron chi connectivity index (χ2n) is 6.80. The molecule has 0 amide bonds. The summed E-state index contributed by atoms with van der Waals surface area (Å²) in [5.74, 6) is 1.42. The number of hydrogen-bond acceptors (Lipinski definition) is 3. The van der Waals surface area contributed by atoms with Crippen molar-refractivity contribution in [1.82, 2.24) is 20.4 Å². The van der Waals surface area contributed by atoms with Gasteiger partial charge in [0.2, 0.25) is 0 Å². The lowest BCUT2D eigenvalue weighted by molar-refractivity contribution is 0.311. The fourth-order valence-corrected chi connectivity index (χ4v) is 3.41. The molecule has 2 N–H and O–H groups in total. The Bertz CT molecular complexity index is 819. The molecule has 0 radical (unpaired) electrons. The monoisotopic (exact) mass is 425 g/mol. The van der Waals surface area contributed by atoms with Gasteiger partial charge in [-0.25, -0.2) is 0 Å². The van der Waals surface area contributed by atoms with Crippen LogP contribution in [0.4, 0.5) is 0 Å². The van der Waals surface area contributed by atoms with Crippen LogP contribution in [0.2, 0.25) is 10.0 Å². The summed E-state index contributed by atoms with van der Waals surface area (Å²) in [5.41, 5.74) is 3.56. The summed E-state index contributed by atoms with van der Waals surface area (Å²) in [6.07, 6.45) is 1.71. The lowest BCUT2D eigenvalue weighted by Crippen LogP contribution is -2.43. The van der Waals surface area contributed by atoms with Crippen LogP contribution in [0.25, 0.3) is 0 Å². The number of aliphatic imine (C=N–C) groups is 1. The Morgan fingerprint density at radius 2 is 2.07 bits per heavy atom. The summed E-state index contributed by atoms with van der Waals surface area (Å²) in [6.45, 7) is 7.58. The number of nitrogens with zero attached hydrogens (tertiary/aromatic N) is 3. The van der Waals surface area contributed by atoms with Gasteiger partial charge in [0.15, 0.2) is 5.96 Å². The first-order valence-corrected chi connectivity index (χ1v) is 10.1. The Hall–Kier alpha value is -1.92. The molecular weight excluding hydrogens is 397 g/mol. The maximum atomic E-state index is 6.10. The molecule has 6 nitrogen and oxygen atoms in total. The van der Waals surface area contributed by atoms with Gasteiger partial charge in [0, 0.05) is 37.4 Å². The molecule has 0 saturated heterocycles. The quantitative estimate of drug-likeness (QED) is 0.382. The number of halogens is 2. The molecule has 0 spiro atoms. The SMILES string of the molecule is CN=C(NCCCOc1ccc(Cl)cc1Cl)NC(C)Cc1c(C)nn(C)c1C. The van der Waals surface area contributed by atoms with E-state index in [-0.39, 0.29) is 6.04 Å². The maximum Gasteiger partial charge on any atom is 0.191 e. The topological polar surface area (TPSA) is 63.5 Å². The Balaban J connectivity index is 1.73. The van der Waals surface area contributed by atoms with Crippen LogP contribution in [0.1, 0.15) is 30.3 Å². The molecule has 0 aliphatic rings. The molecule has 154 valence electrons. The molecule has 1 aromatic carbocycles. The van der Waals surface area contributed by atoms with Gasteiger partial charge in [-0.05, 0) is 57.4 Å². The van der Waals surface area contributed by atoms with Crippen LogP contribution < -0.4 is 15.4 Å². The van der Waals surface area contributed by atoms with Crippen molar-refractivity contribution in [3.8, 4) is 5.75 Å². The van der Waals surface area contributed by atoms with Crippen molar-refractivity contribution in [1.29, 1.82) is 0 Å². The molecular formula is C20H29Cl2N5O. The van der Waals surface area contributed by atoms with E-state index in [1.54, 1.807) is 25.2 Å². The molecule has 0 aliphatic carbocycles. The molecule has 2 aromatic rings. The molecule has 0 saturated carbocycles. The van der Waals surface area contributed by atoms with E-state index in [0.29, 0.717) is 22.4 Å². The van der Waals surface area contributed by atoms with Crippen LogP contribution in [-0.2, 0) is 13.5 Å². The predicted molar refractivity (Wildman–Crippen MR) is 117 cm³/mol. The Morgan fingerprint density at radius 3 is 2.68 bits per heavy atom. The van der Waals surface area contributed by atoms with Crippen LogP contribution >= 0.6 is 23.2 Å². The summed E-state index contributed by atoms with van der Waals surface area (Å²) in [4.78, 5) is 4.30. The highest BCUT2D eigenvalue weighted by Gasteiger charge is 2.14. The molecule has 8 heteroatoms. The zero-order valence-electron chi connectivity index (χ0n) is 17.1. The highest BCUT2D eigenvalue weighted by Crippen LogP contribution is 2.27. The number of aromatic nitrogens is 2. The highest BCUT2D eigenvalue weighted by molar-refractivity contribution is 6.35. The molecule has 1 atom stereocenters. The third-order valence-corrected chi connectivity index (χ3v) is 5.07. The molecule has 0 bridgehead atoms. The number of hydrogen-bond donors (Lipinski definition) is 2. The fraction of sp³-hybridized carbons (Fsp3) is 0.500. The second kappa shape index (κ2) is 10.6. The van der Waals surface area contributed by atoms with Gasteiger partial charge in [0.05, 0.1) is 17.3 Å². The number of guanidine groups is 1. The first-order chi connectivity index (χ1) is 13.3. The zero-order valence-corrected chi connectivity index (χ0v) is 18.7. The molecule has 0 aliphatic heterocycles. The van der Waals surface area contributed by atoms with Crippen molar-refractivity contribution in [2.45, 2.75) is 39.7 Å². The average molecular weight is 426 g/mol. The minimum Gasteiger partial charge on any atom is -0.492 e. The standard InChI is InChI=1S/C20H29Cl2N5O/c1-13(11-17-14(2)26-27(5)15(17)3)25-20(23-4)24-9-6-10-28-19-8-7-16(21)12-18(19)22/h7-8,12-13H,6,9-11H2,1-5H3,(H2,23,24,25). The summed E-state index contributed by atoms with van der Waals surface area (Å²) in [5, 5.41) is 12.3. The van der Waals surface area contributed by atoms with Crippen LogP contribution in [0.3, 0.4) is 0 Å². The van der Waals surface area contributed by atoms with Crippen LogP contribution in [-0.4, -0.2) is 42.0 Å². The van der Waals surface area contributed by atoms with Crippen LogP contribution in [0, 0.1) is 13.8 Å². The van der Waals surface area contributed by atoms with Gasteiger partial charge in [-0.2, -0.15) is 5.10 Å². The van der Waals surface area contributed by atoms with Crippen LogP contribution in [0.15, 0.2) is 23.2 Å². The van der Waals surface area contributed by atoms with Gasteiger partial charge in [-0.1, -0.05) is 23.2 Å². The van der Waals surface area contributed by atoms with E-state index in [2.05, 4.69) is 41.5 Å². The van der Waals surface area contributed by atoms with Gasteiger partial charge in [0.25, 0.3) is 0 Å². The average Bonchev–Trinajstić information content (AvgIpc) is 2.88. The first kappa shape index (κ1) is 22.4.